The number of piperidine rings is 1. The van der Waals surface area contributed by atoms with Crippen LogP contribution in [0.4, 0.5) is 0 Å². The van der Waals surface area contributed by atoms with Crippen molar-refractivity contribution in [1.29, 1.82) is 0 Å². The van der Waals surface area contributed by atoms with Crippen LogP contribution in [-0.4, -0.2) is 83.8 Å². The predicted octanol–water partition coefficient (Wildman–Crippen LogP) is 6.80. The molecule has 1 unspecified atom stereocenters. The van der Waals surface area contributed by atoms with Gasteiger partial charge in [-0.3, -0.25) is 14.4 Å². The molecule has 7 rings (SSSR count). The number of hydrogen-bond acceptors (Lipinski definition) is 4. The highest BCUT2D eigenvalue weighted by molar-refractivity contribution is 5.93. The molecule has 0 radical (unpaired) electrons. The topological polar surface area (TPSA) is 73.0 Å². The van der Waals surface area contributed by atoms with Crippen LogP contribution in [0, 0.1) is 11.8 Å². The van der Waals surface area contributed by atoms with E-state index in [1.54, 1.807) is 4.90 Å². The van der Waals surface area contributed by atoms with Crippen LogP contribution < -0.4 is 5.32 Å². The van der Waals surface area contributed by atoms with Gasteiger partial charge in [-0.1, -0.05) is 110 Å². The molecule has 1 saturated carbocycles. The smallest absolute Gasteiger partial charge is 0.246 e. The molecule has 3 amide bonds. The first-order valence-corrected chi connectivity index (χ1v) is 19.8. The normalized spacial score (nSPS) is 23.3. The van der Waals surface area contributed by atoms with Crippen LogP contribution in [0.3, 0.4) is 0 Å². The molecule has 0 bridgehead atoms. The lowest BCUT2D eigenvalue weighted by Crippen LogP contribution is -2.54. The van der Waals surface area contributed by atoms with E-state index in [1.807, 2.05) is 59.5 Å². The van der Waals surface area contributed by atoms with Crippen molar-refractivity contribution in [2.24, 2.45) is 11.8 Å². The Labute approximate surface area is 304 Å². The number of rotatable bonds is 11. The zero-order chi connectivity index (χ0) is 35.0. The van der Waals surface area contributed by atoms with Gasteiger partial charge >= 0.3 is 0 Å². The number of amides is 3. The fourth-order valence-corrected chi connectivity index (χ4v) is 9.70. The van der Waals surface area contributed by atoms with Crippen molar-refractivity contribution in [1.82, 2.24) is 20.0 Å². The number of nitrogens with one attached hydrogen (secondary N) is 1. The Morgan fingerprint density at radius 1 is 0.588 bits per heavy atom. The van der Waals surface area contributed by atoms with Crippen LogP contribution in [0.5, 0.6) is 0 Å². The third-order valence-corrected chi connectivity index (χ3v) is 12.3. The molecule has 1 N–H and O–H groups in total. The van der Waals surface area contributed by atoms with E-state index in [4.69, 9.17) is 0 Å². The molecule has 4 aliphatic rings. The van der Waals surface area contributed by atoms with E-state index in [0.717, 1.165) is 48.4 Å². The maximum absolute atomic E-state index is 14.6. The van der Waals surface area contributed by atoms with Crippen molar-refractivity contribution < 1.29 is 14.4 Å². The quantitative estimate of drug-likeness (QED) is 0.225. The van der Waals surface area contributed by atoms with Gasteiger partial charge in [0.25, 0.3) is 0 Å². The number of carbonyl (C=O) groups is 3. The van der Waals surface area contributed by atoms with Crippen LogP contribution in [0.2, 0.25) is 0 Å². The molecule has 3 saturated heterocycles. The van der Waals surface area contributed by atoms with Gasteiger partial charge in [-0.2, -0.15) is 0 Å². The third-order valence-electron chi connectivity index (χ3n) is 12.3. The fourth-order valence-electron chi connectivity index (χ4n) is 9.70. The summed E-state index contributed by atoms with van der Waals surface area (Å²) in [6, 6.07) is 29.8. The number of carbonyl (C=O) groups excluding carboxylic acids is 3. The van der Waals surface area contributed by atoms with Crippen LogP contribution in [0.1, 0.15) is 93.7 Å². The number of nitrogens with zero attached hydrogens (tertiary/aromatic N) is 3. The van der Waals surface area contributed by atoms with Crippen molar-refractivity contribution >= 4 is 17.7 Å². The van der Waals surface area contributed by atoms with Crippen molar-refractivity contribution in [3.63, 3.8) is 0 Å². The highest BCUT2D eigenvalue weighted by Crippen LogP contribution is 2.43. The first kappa shape index (κ1) is 35.4. The number of benzene rings is 3. The molecule has 7 heteroatoms. The van der Waals surface area contributed by atoms with E-state index in [0.29, 0.717) is 38.4 Å². The molecule has 1 aliphatic carbocycles. The lowest BCUT2D eigenvalue weighted by atomic mass is 9.67. The summed E-state index contributed by atoms with van der Waals surface area (Å²) in [6.45, 7) is 5.22. The van der Waals surface area contributed by atoms with E-state index in [2.05, 4.69) is 46.6 Å². The summed E-state index contributed by atoms with van der Waals surface area (Å²) in [5.74, 6) is 1.16. The van der Waals surface area contributed by atoms with Crippen molar-refractivity contribution in [3.8, 4) is 0 Å². The van der Waals surface area contributed by atoms with E-state index in [9.17, 15) is 14.4 Å². The molecular weight excluding hydrogens is 633 g/mol. The summed E-state index contributed by atoms with van der Waals surface area (Å²) >= 11 is 0. The Bertz CT molecular complexity index is 1500. The molecule has 3 aromatic carbocycles. The molecule has 3 aliphatic heterocycles. The predicted molar refractivity (Wildman–Crippen MR) is 202 cm³/mol. The minimum absolute atomic E-state index is 0.0299. The van der Waals surface area contributed by atoms with Crippen LogP contribution in [-0.2, 0) is 19.8 Å². The summed E-state index contributed by atoms with van der Waals surface area (Å²) in [6.07, 6.45) is 12.3. The van der Waals surface area contributed by atoms with Gasteiger partial charge in [0.2, 0.25) is 17.7 Å². The van der Waals surface area contributed by atoms with Crippen LogP contribution >= 0.6 is 0 Å². The van der Waals surface area contributed by atoms with Crippen molar-refractivity contribution in [3.05, 3.63) is 108 Å². The first-order chi connectivity index (χ1) is 25.0. The Morgan fingerprint density at radius 2 is 1.12 bits per heavy atom. The van der Waals surface area contributed by atoms with Crippen LogP contribution in [0.25, 0.3) is 0 Å². The summed E-state index contributed by atoms with van der Waals surface area (Å²) in [7, 11) is 0. The van der Waals surface area contributed by atoms with Gasteiger partial charge < -0.3 is 20.0 Å². The number of hydrogen-bond donors (Lipinski definition) is 1. The summed E-state index contributed by atoms with van der Waals surface area (Å²) in [4.78, 5) is 48.9. The maximum Gasteiger partial charge on any atom is 0.246 e. The minimum atomic E-state index is -0.724. The van der Waals surface area contributed by atoms with Gasteiger partial charge in [0.15, 0.2) is 0 Å². The van der Waals surface area contributed by atoms with Gasteiger partial charge in [-0.15, -0.1) is 0 Å². The summed E-state index contributed by atoms with van der Waals surface area (Å²) in [5.41, 5.74) is 2.41. The van der Waals surface area contributed by atoms with Crippen molar-refractivity contribution in [2.75, 3.05) is 39.3 Å². The Kier molecular flexibility index (Phi) is 11.5. The largest absolute Gasteiger partial charge is 0.354 e. The second kappa shape index (κ2) is 16.6. The van der Waals surface area contributed by atoms with Gasteiger partial charge in [-0.25, -0.2) is 0 Å². The van der Waals surface area contributed by atoms with E-state index < -0.39 is 17.5 Å². The molecule has 0 spiro atoms. The van der Waals surface area contributed by atoms with E-state index in [-0.39, 0.29) is 24.1 Å². The third kappa shape index (κ3) is 7.94. The summed E-state index contributed by atoms with van der Waals surface area (Å²) < 4.78 is 0. The van der Waals surface area contributed by atoms with Crippen LogP contribution in [0.15, 0.2) is 91.0 Å². The molecule has 4 fully saturated rings. The molecule has 51 heavy (non-hydrogen) atoms. The second-order valence-corrected chi connectivity index (χ2v) is 15.6. The zero-order valence-corrected chi connectivity index (χ0v) is 30.3. The van der Waals surface area contributed by atoms with E-state index >= 15 is 0 Å². The van der Waals surface area contributed by atoms with Crippen molar-refractivity contribution in [2.45, 2.75) is 94.5 Å². The minimum Gasteiger partial charge on any atom is -0.354 e. The van der Waals surface area contributed by atoms with Gasteiger partial charge in [0.1, 0.15) is 12.1 Å². The Morgan fingerprint density at radius 3 is 1.73 bits per heavy atom. The highest BCUT2D eigenvalue weighted by Gasteiger charge is 2.45. The molecule has 3 aromatic rings. The van der Waals surface area contributed by atoms with Gasteiger partial charge in [0.05, 0.1) is 5.41 Å². The molecule has 0 aromatic heterocycles. The lowest BCUT2D eigenvalue weighted by Gasteiger charge is -2.38. The SMILES string of the molecule is O=C(NCC1CCCN(CC2CCCCC2)C1)[C@H]1CCCN1C(=O)[C@@H]1CCCN1C(=O)CC(c1ccccc1)(c1ccccc1)c1ccccc1. The monoisotopic (exact) mass is 688 g/mol. The van der Waals surface area contributed by atoms with E-state index in [1.165, 1.54) is 51.6 Å². The Balaban J connectivity index is 1.03. The zero-order valence-electron chi connectivity index (χ0n) is 30.3. The second-order valence-electron chi connectivity index (χ2n) is 15.6. The summed E-state index contributed by atoms with van der Waals surface area (Å²) in [5, 5.41) is 3.27. The van der Waals surface area contributed by atoms with Gasteiger partial charge in [0, 0.05) is 39.1 Å². The average molecular weight is 689 g/mol. The molecular formula is C44H56N4O3. The standard InChI is InChI=1S/C44H56N4O3/c49-41(30-44(36-19-7-2-8-20-36,37-21-9-3-10-22-37)38-23-11-4-12-24-38)47-28-15-26-40(47)43(51)48-29-14-25-39(48)42(50)45-31-35-18-13-27-46(33-35)32-34-16-5-1-6-17-34/h2-4,7-12,19-24,34-35,39-40H,1,5-6,13-18,25-33H2,(H,45,50)/t35?,39-,40+/m1/s1. The maximum atomic E-state index is 14.6. The molecule has 3 atom stereocenters. The lowest BCUT2D eigenvalue weighted by molar-refractivity contribution is -0.146. The van der Waals surface area contributed by atoms with Gasteiger partial charge in [-0.05, 0) is 86.4 Å². The number of likely N-dealkylation sites (tertiary alicyclic amines) is 3. The molecule has 3 heterocycles. The fraction of sp³-hybridized carbons (Fsp3) is 0.523. The first-order valence-electron chi connectivity index (χ1n) is 19.8. The highest BCUT2D eigenvalue weighted by atomic mass is 16.2. The average Bonchev–Trinajstić information content (AvgIpc) is 3.89. The Hall–Kier alpha value is -3.97. The molecule has 7 nitrogen and oxygen atoms in total. The molecule has 270 valence electrons.